The van der Waals surface area contributed by atoms with E-state index in [1.165, 1.54) is 36.8 Å². The summed E-state index contributed by atoms with van der Waals surface area (Å²) in [4.78, 5) is 62.9. The molecule has 5 aliphatic rings. The van der Waals surface area contributed by atoms with Gasteiger partial charge in [-0.3, -0.25) is 28.5 Å². The number of alkyl halides is 4. The molecule has 3 aromatic carbocycles. The fourth-order valence-corrected chi connectivity index (χ4v) is 13.9. The largest absolute Gasteiger partial charge is 0.522 e. The van der Waals surface area contributed by atoms with Crippen molar-refractivity contribution in [2.75, 3.05) is 13.6 Å². The van der Waals surface area contributed by atoms with E-state index in [4.69, 9.17) is 9.26 Å². The Kier molecular flexibility index (Phi) is 14.3. The topological polar surface area (TPSA) is 147 Å². The zero-order valence-corrected chi connectivity index (χ0v) is 41.3. The van der Waals surface area contributed by atoms with Crippen molar-refractivity contribution in [1.29, 1.82) is 0 Å². The molecule has 13 nitrogen and oxygen atoms in total. The highest BCUT2D eigenvalue weighted by Gasteiger charge is 2.59. The number of para-hydroxylation sites is 1. The van der Waals surface area contributed by atoms with Gasteiger partial charge in [0, 0.05) is 40.8 Å². The average molecular weight is 1010 g/mol. The summed E-state index contributed by atoms with van der Waals surface area (Å²) < 4.78 is 86.4. The van der Waals surface area contributed by atoms with E-state index >= 15 is 4.39 Å². The number of thiophene rings is 1. The first-order valence-electron chi connectivity index (χ1n) is 24.3. The first kappa shape index (κ1) is 50.1. The smallest absolute Gasteiger partial charge is 0.462 e. The minimum Gasteiger partial charge on any atom is -0.462 e. The summed E-state index contributed by atoms with van der Waals surface area (Å²) >= 11 is 1.13. The quantitative estimate of drug-likeness (QED) is 0.0671. The Morgan fingerprint density at radius 1 is 0.900 bits per heavy atom. The first-order chi connectivity index (χ1) is 33.3. The van der Waals surface area contributed by atoms with Crippen LogP contribution in [-0.2, 0) is 28.4 Å². The number of nitrogens with zero attached hydrogens (tertiary/aromatic N) is 3. The molecule has 5 fully saturated rings. The van der Waals surface area contributed by atoms with Crippen LogP contribution in [0.4, 0.5) is 17.6 Å². The van der Waals surface area contributed by atoms with Crippen molar-refractivity contribution in [1.82, 2.24) is 25.1 Å². The number of benzene rings is 3. The van der Waals surface area contributed by atoms with Crippen molar-refractivity contribution in [2.45, 2.75) is 157 Å². The summed E-state index contributed by atoms with van der Waals surface area (Å²) in [7, 11) is -2.64. The van der Waals surface area contributed by atoms with Crippen LogP contribution in [-0.4, -0.2) is 112 Å². The van der Waals surface area contributed by atoms with Gasteiger partial charge in [-0.2, -0.15) is 0 Å². The average Bonchev–Trinajstić information content (AvgIpc) is 3.58. The number of hydrogen-bond acceptors (Lipinski definition) is 10. The van der Waals surface area contributed by atoms with Crippen molar-refractivity contribution in [3.05, 3.63) is 101 Å². The van der Waals surface area contributed by atoms with Gasteiger partial charge in [0.15, 0.2) is 0 Å². The maximum absolute atomic E-state index is 16.8. The second-order valence-electron chi connectivity index (χ2n) is 20.0. The molecule has 3 saturated heterocycles. The molecule has 1 unspecified atom stereocenters. The number of fused-ring (bicyclic) bond motifs is 2. The fourth-order valence-electron chi connectivity index (χ4n) is 11.0. The fraction of sp³-hybridized carbons (Fsp3) is 0.529. The van der Waals surface area contributed by atoms with Crippen molar-refractivity contribution < 1.29 is 55.3 Å². The Bertz CT molecular complexity index is 2610. The summed E-state index contributed by atoms with van der Waals surface area (Å²) in [5.41, 5.74) is 0.899. The third kappa shape index (κ3) is 10.7. The van der Waals surface area contributed by atoms with E-state index in [2.05, 4.69) is 32.2 Å². The number of rotatable bonds is 15. The molecule has 2 N–H and O–H groups in total. The molecule has 4 aromatic rings. The van der Waals surface area contributed by atoms with E-state index in [1.807, 2.05) is 30.1 Å². The number of nitrogens with one attached hydrogen (secondary N) is 2. The van der Waals surface area contributed by atoms with Crippen molar-refractivity contribution in [2.24, 2.45) is 0 Å². The molecule has 2 aliphatic carbocycles. The standard InChI is InChI=1S/C51H60F4N5O8PS/c1-30(2)66-49(64)31(3)57-69(65,68-39-13-9-6-10-14-39)45(52)33-15-20-43-34(23-33)24-44(70-43)46(61)56-41-18-16-36(58(4)38-26-40(27-38)67-51(53,54)55)25-37-17-19-42(60(37)47(41)62)48(63)59-29-35(28-50(59)21-22-50)32-11-7-5-8-12-32/h5-15,20,23-24,30-31,35-38,40-42,45H,16-19,21-22,25-29H2,1-4H3,(H,56,61)(H,57,65)/t31-,35+,36-,37+,38?,40?,41-,42-,45+,69?/m0/s1. The lowest BCUT2D eigenvalue weighted by Gasteiger charge is -2.47. The van der Waals surface area contributed by atoms with Gasteiger partial charge in [-0.15, -0.1) is 24.5 Å². The van der Waals surface area contributed by atoms with Gasteiger partial charge in [0.25, 0.3) is 5.91 Å². The molecule has 19 heteroatoms. The van der Waals surface area contributed by atoms with E-state index in [0.717, 1.165) is 30.6 Å². The molecule has 376 valence electrons. The molecule has 2 saturated carbocycles. The highest BCUT2D eigenvalue weighted by Crippen LogP contribution is 2.58. The lowest BCUT2D eigenvalue weighted by molar-refractivity contribution is -0.354. The number of amides is 3. The summed E-state index contributed by atoms with van der Waals surface area (Å²) in [6, 6.07) is 20.6. The monoisotopic (exact) mass is 1010 g/mol. The van der Waals surface area contributed by atoms with Crippen molar-refractivity contribution in [3.63, 3.8) is 0 Å². The van der Waals surface area contributed by atoms with Gasteiger partial charge in [-0.1, -0.05) is 54.6 Å². The van der Waals surface area contributed by atoms with Gasteiger partial charge in [0.1, 0.15) is 23.9 Å². The molecular weight excluding hydrogens is 950 g/mol. The molecule has 1 spiro atoms. The summed E-state index contributed by atoms with van der Waals surface area (Å²) in [6.45, 7) is 5.28. The third-order valence-corrected chi connectivity index (χ3v) is 18.1. The highest BCUT2D eigenvalue weighted by atomic mass is 32.1. The Labute approximate surface area is 409 Å². The number of halogens is 4. The van der Waals surface area contributed by atoms with Gasteiger partial charge in [-0.05, 0) is 139 Å². The molecule has 3 aliphatic heterocycles. The number of carbonyl (C=O) groups excluding carboxylic acids is 4. The van der Waals surface area contributed by atoms with Gasteiger partial charge in [-0.25, -0.2) is 9.48 Å². The van der Waals surface area contributed by atoms with Crippen LogP contribution >= 0.6 is 18.9 Å². The van der Waals surface area contributed by atoms with Crippen LogP contribution < -0.4 is 14.9 Å². The van der Waals surface area contributed by atoms with E-state index in [1.54, 1.807) is 49.1 Å². The first-order valence-corrected chi connectivity index (χ1v) is 26.8. The summed E-state index contributed by atoms with van der Waals surface area (Å²) in [5.74, 6) is -3.69. The van der Waals surface area contributed by atoms with Crippen LogP contribution in [0.15, 0.2) is 84.9 Å². The number of ether oxygens (including phenoxy) is 2. The van der Waals surface area contributed by atoms with Crippen LogP contribution in [0.3, 0.4) is 0 Å². The molecule has 9 rings (SSSR count). The van der Waals surface area contributed by atoms with Gasteiger partial charge < -0.3 is 29.3 Å². The Hall–Kier alpha value is -4.87. The van der Waals surface area contributed by atoms with Crippen LogP contribution in [0.5, 0.6) is 5.75 Å². The Morgan fingerprint density at radius 3 is 2.27 bits per heavy atom. The van der Waals surface area contributed by atoms with Crippen LogP contribution in [0, 0.1) is 0 Å². The maximum atomic E-state index is 16.8. The van der Waals surface area contributed by atoms with Gasteiger partial charge in [0.2, 0.25) is 17.7 Å². The SMILES string of the molecule is CC(C)OC(=O)[C@H](C)NP(=O)(Oc1ccccc1)[C@@H](F)c1ccc2sc(C(=O)N[C@H]3CC[C@H](N(C)C4CC(OC(F)(F)F)C4)C[C@H]4CC[C@@H](C(=O)N5C[C@H](c6ccccc6)CC56CC6)N4C3=O)cc2c1. The van der Waals surface area contributed by atoms with Crippen molar-refractivity contribution in [3.8, 4) is 5.75 Å². The minimum atomic E-state index is -4.72. The summed E-state index contributed by atoms with van der Waals surface area (Å²) in [5, 5.41) is 6.04. The lowest BCUT2D eigenvalue weighted by Crippen LogP contribution is -2.60. The maximum Gasteiger partial charge on any atom is 0.522 e. The molecule has 8 atom stereocenters. The molecule has 70 heavy (non-hydrogen) atoms. The van der Waals surface area contributed by atoms with E-state index in [9.17, 15) is 36.9 Å². The van der Waals surface area contributed by atoms with E-state index < -0.39 is 62.0 Å². The number of likely N-dealkylation sites (tertiary alicyclic amines) is 1. The number of carbonyl (C=O) groups is 4. The Morgan fingerprint density at radius 2 is 1.60 bits per heavy atom. The third-order valence-electron chi connectivity index (χ3n) is 14.9. The molecule has 1 aromatic heterocycles. The predicted octanol–water partition coefficient (Wildman–Crippen LogP) is 9.63. The second kappa shape index (κ2) is 20.0. The van der Waals surface area contributed by atoms with Crippen molar-refractivity contribution >= 4 is 52.6 Å². The molecule has 0 bridgehead atoms. The van der Waals surface area contributed by atoms with E-state index in [-0.39, 0.29) is 76.8 Å². The highest BCUT2D eigenvalue weighted by molar-refractivity contribution is 7.57. The van der Waals surface area contributed by atoms with Gasteiger partial charge in [0.05, 0.1) is 17.1 Å². The zero-order chi connectivity index (χ0) is 49.7. The zero-order valence-electron chi connectivity index (χ0n) is 39.6. The van der Waals surface area contributed by atoms with Crippen LogP contribution in [0.2, 0.25) is 0 Å². The second-order valence-corrected chi connectivity index (χ2v) is 23.2. The number of hydrogen-bond donors (Lipinski definition) is 2. The van der Waals surface area contributed by atoms with Gasteiger partial charge >= 0.3 is 19.9 Å². The van der Waals surface area contributed by atoms with E-state index in [0.29, 0.717) is 42.3 Å². The molecule has 3 amide bonds. The molecular formula is C51H60F4N5O8PS. The Balaban J connectivity index is 0.954. The van der Waals surface area contributed by atoms with Crippen LogP contribution in [0.1, 0.15) is 118 Å². The predicted molar refractivity (Wildman–Crippen MR) is 256 cm³/mol. The summed E-state index contributed by atoms with van der Waals surface area (Å²) in [6.07, 6.45) is -0.847. The number of esters is 1. The van der Waals surface area contributed by atoms with Crippen LogP contribution in [0.25, 0.3) is 10.1 Å². The molecule has 0 radical (unpaired) electrons. The lowest BCUT2D eigenvalue weighted by atomic mass is 9.85. The normalized spacial score (nSPS) is 27.1. The molecule has 4 heterocycles. The minimum absolute atomic E-state index is 0.0292.